The van der Waals surface area contributed by atoms with E-state index in [4.69, 9.17) is 15.3 Å². The summed E-state index contributed by atoms with van der Waals surface area (Å²) in [4.78, 5) is 0. The molecule has 0 aromatic heterocycles. The number of hydrogen-bond donors (Lipinski definition) is 2. The Hall–Kier alpha value is -1.26. The van der Waals surface area contributed by atoms with Crippen LogP contribution in [0.2, 0.25) is 0 Å². The van der Waals surface area contributed by atoms with Crippen LogP contribution in [0.1, 0.15) is 33.1 Å². The van der Waals surface area contributed by atoms with Crippen molar-refractivity contribution in [2.75, 3.05) is 6.61 Å². The highest BCUT2D eigenvalue weighted by Gasteiger charge is 2.27. The number of hydrogen-bond acceptors (Lipinski definition) is 4. The summed E-state index contributed by atoms with van der Waals surface area (Å²) in [6.45, 7) is 5.02. The number of benzene rings is 1. The van der Waals surface area contributed by atoms with Gasteiger partial charge in [0.1, 0.15) is 12.7 Å². The Labute approximate surface area is 115 Å². The molecule has 2 atom stereocenters. The molecule has 0 saturated carbocycles. The monoisotopic (exact) mass is 264 g/mol. The van der Waals surface area contributed by atoms with Gasteiger partial charge in [-0.2, -0.15) is 0 Å². The number of fused-ring (bicyclic) bond motifs is 1. The molecule has 1 aromatic carbocycles. The van der Waals surface area contributed by atoms with Gasteiger partial charge in [0, 0.05) is 0 Å². The van der Waals surface area contributed by atoms with Gasteiger partial charge < -0.3 is 9.47 Å². The Morgan fingerprint density at radius 3 is 2.68 bits per heavy atom. The van der Waals surface area contributed by atoms with Crippen molar-refractivity contribution in [3.63, 3.8) is 0 Å². The molecule has 0 saturated heterocycles. The fourth-order valence-corrected chi connectivity index (χ4v) is 2.36. The summed E-state index contributed by atoms with van der Waals surface area (Å²) < 4.78 is 11.7. The second-order valence-electron chi connectivity index (χ2n) is 5.51. The van der Waals surface area contributed by atoms with Gasteiger partial charge in [0.15, 0.2) is 11.5 Å². The van der Waals surface area contributed by atoms with Crippen LogP contribution in [-0.4, -0.2) is 18.8 Å². The lowest BCUT2D eigenvalue weighted by molar-refractivity contribution is 0.0585. The molecular weight excluding hydrogens is 240 g/mol. The van der Waals surface area contributed by atoms with Crippen molar-refractivity contribution in [2.45, 2.75) is 45.3 Å². The molecule has 0 bridgehead atoms. The third-order valence-corrected chi connectivity index (χ3v) is 3.49. The molecule has 2 unspecified atom stereocenters. The zero-order chi connectivity index (χ0) is 13.7. The predicted octanol–water partition coefficient (Wildman–Crippen LogP) is 2.48. The quantitative estimate of drug-likeness (QED) is 0.612. The van der Waals surface area contributed by atoms with E-state index < -0.39 is 0 Å². The lowest BCUT2D eigenvalue weighted by Gasteiger charge is -2.32. The van der Waals surface area contributed by atoms with Crippen LogP contribution in [0.5, 0.6) is 11.5 Å². The summed E-state index contributed by atoms with van der Waals surface area (Å²) in [5.74, 6) is 8.00. The first-order valence-corrected chi connectivity index (χ1v) is 7.05. The van der Waals surface area contributed by atoms with Gasteiger partial charge in [-0.05, 0) is 24.5 Å². The van der Waals surface area contributed by atoms with Crippen LogP contribution in [0.3, 0.4) is 0 Å². The van der Waals surface area contributed by atoms with E-state index in [1.807, 2.05) is 24.3 Å². The van der Waals surface area contributed by atoms with E-state index in [1.165, 1.54) is 6.42 Å². The standard InChI is InChI=1S/C15H24N2O2/c1-11(2)6-5-7-12(17-16)15-10-18-13-8-3-4-9-14(13)19-15/h3-4,8-9,11-12,15,17H,5-7,10,16H2,1-2H3. The average molecular weight is 264 g/mol. The fourth-order valence-electron chi connectivity index (χ4n) is 2.36. The van der Waals surface area contributed by atoms with E-state index in [-0.39, 0.29) is 12.1 Å². The molecule has 1 heterocycles. The maximum atomic E-state index is 5.97. The molecule has 1 aliphatic rings. The molecule has 4 heteroatoms. The van der Waals surface area contributed by atoms with Gasteiger partial charge in [0.2, 0.25) is 0 Å². The highest BCUT2D eigenvalue weighted by atomic mass is 16.6. The van der Waals surface area contributed by atoms with Crippen LogP contribution >= 0.6 is 0 Å². The maximum absolute atomic E-state index is 5.97. The van der Waals surface area contributed by atoms with E-state index in [0.717, 1.165) is 30.3 Å². The fraction of sp³-hybridized carbons (Fsp3) is 0.600. The first-order valence-electron chi connectivity index (χ1n) is 7.05. The van der Waals surface area contributed by atoms with E-state index >= 15 is 0 Å². The second kappa shape index (κ2) is 6.78. The van der Waals surface area contributed by atoms with Gasteiger partial charge in [-0.25, -0.2) is 0 Å². The van der Waals surface area contributed by atoms with Crippen LogP contribution in [0, 0.1) is 5.92 Å². The van der Waals surface area contributed by atoms with E-state index in [2.05, 4.69) is 19.3 Å². The molecule has 0 spiro atoms. The minimum absolute atomic E-state index is 0.0212. The summed E-state index contributed by atoms with van der Waals surface area (Å²) in [5.41, 5.74) is 2.87. The molecule has 0 radical (unpaired) electrons. The Kier molecular flexibility index (Phi) is 5.05. The van der Waals surface area contributed by atoms with Crippen molar-refractivity contribution in [1.29, 1.82) is 0 Å². The normalized spacial score (nSPS) is 19.5. The minimum Gasteiger partial charge on any atom is -0.486 e. The third kappa shape index (κ3) is 3.85. The summed E-state index contributed by atoms with van der Waals surface area (Å²) in [6.07, 6.45) is 3.34. The van der Waals surface area contributed by atoms with Gasteiger partial charge >= 0.3 is 0 Å². The van der Waals surface area contributed by atoms with Gasteiger partial charge in [0.05, 0.1) is 6.04 Å². The van der Waals surface area contributed by atoms with E-state index in [0.29, 0.717) is 6.61 Å². The number of ether oxygens (including phenoxy) is 2. The highest BCUT2D eigenvalue weighted by molar-refractivity contribution is 5.40. The molecule has 106 valence electrons. The largest absolute Gasteiger partial charge is 0.486 e. The van der Waals surface area contributed by atoms with E-state index in [1.54, 1.807) is 0 Å². The van der Waals surface area contributed by atoms with Gasteiger partial charge in [-0.15, -0.1) is 0 Å². The zero-order valence-corrected chi connectivity index (χ0v) is 11.8. The first-order chi connectivity index (χ1) is 9.20. The summed E-state index contributed by atoms with van der Waals surface area (Å²) in [7, 11) is 0. The molecule has 1 aliphatic heterocycles. The van der Waals surface area contributed by atoms with Gasteiger partial charge in [-0.3, -0.25) is 11.3 Å². The number of nitrogens with two attached hydrogens (primary N) is 1. The average Bonchev–Trinajstić information content (AvgIpc) is 2.43. The topological polar surface area (TPSA) is 56.5 Å². The number of rotatable bonds is 6. The van der Waals surface area contributed by atoms with Gasteiger partial charge in [0.25, 0.3) is 0 Å². The molecular formula is C15H24N2O2. The first kappa shape index (κ1) is 14.2. The molecule has 2 rings (SSSR count). The highest BCUT2D eigenvalue weighted by Crippen LogP contribution is 2.32. The van der Waals surface area contributed by atoms with E-state index in [9.17, 15) is 0 Å². The smallest absolute Gasteiger partial charge is 0.161 e. The molecule has 0 fully saturated rings. The van der Waals surface area contributed by atoms with Crippen molar-refractivity contribution < 1.29 is 9.47 Å². The molecule has 3 N–H and O–H groups in total. The molecule has 0 amide bonds. The SMILES string of the molecule is CC(C)CCCC(NN)C1COc2ccccc2O1. The van der Waals surface area contributed by atoms with Crippen LogP contribution in [0.25, 0.3) is 0 Å². The van der Waals surface area contributed by atoms with Crippen LogP contribution < -0.4 is 20.7 Å². The van der Waals surface area contributed by atoms with Gasteiger partial charge in [-0.1, -0.05) is 38.8 Å². The van der Waals surface area contributed by atoms with Crippen molar-refractivity contribution >= 4 is 0 Å². The second-order valence-corrected chi connectivity index (χ2v) is 5.51. The third-order valence-electron chi connectivity index (χ3n) is 3.49. The zero-order valence-electron chi connectivity index (χ0n) is 11.8. The Morgan fingerprint density at radius 1 is 1.26 bits per heavy atom. The van der Waals surface area contributed by atoms with Crippen LogP contribution in [0.15, 0.2) is 24.3 Å². The summed E-state index contributed by atoms with van der Waals surface area (Å²) in [5, 5.41) is 0. The minimum atomic E-state index is -0.0212. The maximum Gasteiger partial charge on any atom is 0.161 e. The molecule has 19 heavy (non-hydrogen) atoms. The Morgan fingerprint density at radius 2 is 2.00 bits per heavy atom. The number of para-hydroxylation sites is 2. The summed E-state index contributed by atoms with van der Waals surface area (Å²) >= 11 is 0. The Balaban J connectivity index is 1.90. The lowest BCUT2D eigenvalue weighted by Crippen LogP contribution is -2.50. The lowest BCUT2D eigenvalue weighted by atomic mass is 10.00. The van der Waals surface area contributed by atoms with Crippen molar-refractivity contribution in [1.82, 2.24) is 5.43 Å². The van der Waals surface area contributed by atoms with Crippen LogP contribution in [-0.2, 0) is 0 Å². The number of nitrogens with one attached hydrogen (secondary N) is 1. The molecule has 1 aromatic rings. The van der Waals surface area contributed by atoms with Crippen molar-refractivity contribution in [3.8, 4) is 11.5 Å². The number of hydrazine groups is 1. The summed E-state index contributed by atoms with van der Waals surface area (Å²) in [6, 6.07) is 7.89. The molecule has 4 nitrogen and oxygen atoms in total. The van der Waals surface area contributed by atoms with Crippen molar-refractivity contribution in [3.05, 3.63) is 24.3 Å². The van der Waals surface area contributed by atoms with Crippen LogP contribution in [0.4, 0.5) is 0 Å². The Bertz CT molecular complexity index is 395. The van der Waals surface area contributed by atoms with Crippen molar-refractivity contribution in [2.24, 2.45) is 11.8 Å². The predicted molar refractivity (Wildman–Crippen MR) is 76.2 cm³/mol. The molecule has 0 aliphatic carbocycles.